The third kappa shape index (κ3) is 3.09. The Kier molecular flexibility index (Phi) is 5.08. The minimum Gasteiger partial charge on any atom is -0.449 e. The molecule has 4 aliphatic carbocycles. The number of carbonyl (C=O) groups is 1. The monoisotopic (exact) mass is 441 g/mol. The van der Waals surface area contributed by atoms with Crippen molar-refractivity contribution in [3.63, 3.8) is 0 Å². The van der Waals surface area contributed by atoms with Crippen LogP contribution in [0.15, 0.2) is 39.3 Å². The summed E-state index contributed by atoms with van der Waals surface area (Å²) in [6.07, 6.45) is 11.1. The van der Waals surface area contributed by atoms with Gasteiger partial charge < -0.3 is 20.0 Å². The molecule has 3 saturated carbocycles. The van der Waals surface area contributed by atoms with E-state index >= 15 is 0 Å². The van der Waals surface area contributed by atoms with Crippen LogP contribution >= 0.6 is 0 Å². The summed E-state index contributed by atoms with van der Waals surface area (Å²) < 4.78 is 10.3. The van der Waals surface area contributed by atoms with Gasteiger partial charge in [0.15, 0.2) is 0 Å². The van der Waals surface area contributed by atoms with Crippen LogP contribution in [0.5, 0.6) is 0 Å². The first-order chi connectivity index (χ1) is 15.2. The number of carbonyl (C=O) groups excluding carboxylic acids is 1. The van der Waals surface area contributed by atoms with Crippen LogP contribution in [0.2, 0.25) is 0 Å². The quantitative estimate of drug-likeness (QED) is 0.672. The van der Waals surface area contributed by atoms with Crippen LogP contribution in [0.4, 0.5) is 4.79 Å². The van der Waals surface area contributed by atoms with Crippen LogP contribution in [0.1, 0.15) is 76.7 Å². The zero-order chi connectivity index (χ0) is 22.7. The predicted octanol–water partition coefficient (Wildman–Crippen LogP) is 4.51. The molecule has 0 aliphatic heterocycles. The Morgan fingerprint density at radius 3 is 2.69 bits per heavy atom. The van der Waals surface area contributed by atoms with Crippen LogP contribution in [0.25, 0.3) is 0 Å². The van der Waals surface area contributed by atoms with Gasteiger partial charge in [-0.3, -0.25) is 0 Å². The minimum absolute atomic E-state index is 0.0980. The molecule has 6 heteroatoms. The van der Waals surface area contributed by atoms with E-state index in [1.54, 1.807) is 6.26 Å². The van der Waals surface area contributed by atoms with Crippen LogP contribution in [-0.2, 0) is 4.74 Å². The number of allylic oxidation sites excluding steroid dienone is 1. The van der Waals surface area contributed by atoms with Gasteiger partial charge in [0.2, 0.25) is 0 Å². The predicted molar refractivity (Wildman–Crippen MR) is 120 cm³/mol. The molecule has 1 aromatic rings. The Morgan fingerprint density at radius 2 is 1.97 bits per heavy atom. The summed E-state index contributed by atoms with van der Waals surface area (Å²) in [5.41, 5.74) is 6.55. The SMILES string of the molecule is C[C@]12CC[C@H](COC(N)=O)C=C1CC[C@@H]1[C@@H]2CC[C@]2(C)[C@@H](c3ccc(=O)oc3)CC[C@]12O. The van der Waals surface area contributed by atoms with Crippen molar-refractivity contribution in [3.8, 4) is 0 Å². The van der Waals surface area contributed by atoms with Gasteiger partial charge in [0.25, 0.3) is 0 Å². The normalized spacial score (nSPS) is 42.9. The van der Waals surface area contributed by atoms with E-state index in [1.165, 1.54) is 11.6 Å². The second kappa shape index (κ2) is 7.47. The lowest BCUT2D eigenvalue weighted by atomic mass is 9.45. The fourth-order valence-electron chi connectivity index (χ4n) is 8.19. The summed E-state index contributed by atoms with van der Waals surface area (Å²) in [4.78, 5) is 22.5. The van der Waals surface area contributed by atoms with Crippen LogP contribution in [0, 0.1) is 28.6 Å². The van der Waals surface area contributed by atoms with Crippen LogP contribution in [0.3, 0.4) is 0 Å². The molecule has 0 bridgehead atoms. The Balaban J connectivity index is 1.42. The number of hydrogen-bond acceptors (Lipinski definition) is 5. The van der Waals surface area contributed by atoms with Gasteiger partial charge in [-0.2, -0.15) is 0 Å². The van der Waals surface area contributed by atoms with Crippen molar-refractivity contribution in [1.29, 1.82) is 0 Å². The van der Waals surface area contributed by atoms with Crippen molar-refractivity contribution in [2.75, 3.05) is 6.61 Å². The summed E-state index contributed by atoms with van der Waals surface area (Å²) >= 11 is 0. The van der Waals surface area contributed by atoms with E-state index in [9.17, 15) is 14.7 Å². The van der Waals surface area contributed by atoms with Gasteiger partial charge in [0.05, 0.1) is 18.5 Å². The molecule has 3 N–H and O–H groups in total. The number of ether oxygens (including phenoxy) is 1. The summed E-state index contributed by atoms with van der Waals surface area (Å²) in [7, 11) is 0. The van der Waals surface area contributed by atoms with Gasteiger partial charge >= 0.3 is 11.7 Å². The highest BCUT2D eigenvalue weighted by Crippen LogP contribution is 2.70. The number of primary amides is 1. The lowest BCUT2D eigenvalue weighted by molar-refractivity contribution is -0.177. The average Bonchev–Trinajstić information content (AvgIpc) is 3.04. The summed E-state index contributed by atoms with van der Waals surface area (Å²) in [5.74, 6) is 1.19. The third-order valence-electron chi connectivity index (χ3n) is 9.96. The first-order valence-corrected chi connectivity index (χ1v) is 12.1. The van der Waals surface area contributed by atoms with E-state index in [4.69, 9.17) is 14.9 Å². The standard InChI is InChI=1S/C26H35NO5/c1-24-10-7-16(14-32-23(27)29)13-18(24)4-5-21-20(24)8-11-25(2)19(9-12-26(21,25)30)17-3-6-22(28)31-15-17/h3,6,13,15-16,19-21,30H,4-5,7-12,14H2,1-2H3,(H2,27,29)/t16-,19+,20-,21+,24-,25+,26-/m0/s1. The van der Waals surface area contributed by atoms with E-state index in [0.717, 1.165) is 56.9 Å². The molecule has 1 amide bonds. The third-order valence-corrected chi connectivity index (χ3v) is 9.96. The molecule has 0 aromatic carbocycles. The lowest BCUT2D eigenvalue weighted by Gasteiger charge is -2.62. The maximum Gasteiger partial charge on any atom is 0.404 e. The molecule has 1 heterocycles. The van der Waals surface area contributed by atoms with Gasteiger partial charge in [0, 0.05) is 17.4 Å². The second-order valence-corrected chi connectivity index (χ2v) is 11.1. The van der Waals surface area contributed by atoms with E-state index in [2.05, 4.69) is 19.9 Å². The molecule has 0 spiro atoms. The Labute approximate surface area is 189 Å². The number of aliphatic hydroxyl groups is 1. The van der Waals surface area contributed by atoms with Gasteiger partial charge in [-0.1, -0.05) is 25.5 Å². The molecule has 4 aliphatic rings. The largest absolute Gasteiger partial charge is 0.449 e. The Hall–Kier alpha value is -2.08. The number of rotatable bonds is 3. The minimum atomic E-state index is -0.706. The molecule has 32 heavy (non-hydrogen) atoms. The molecular formula is C26H35NO5. The summed E-state index contributed by atoms with van der Waals surface area (Å²) in [6.45, 7) is 5.02. The maximum absolute atomic E-state index is 12.3. The molecular weight excluding hydrogens is 406 g/mol. The van der Waals surface area contributed by atoms with E-state index in [1.807, 2.05) is 6.07 Å². The zero-order valence-corrected chi connectivity index (χ0v) is 19.1. The van der Waals surface area contributed by atoms with E-state index in [-0.39, 0.29) is 34.2 Å². The summed E-state index contributed by atoms with van der Waals surface area (Å²) in [5, 5.41) is 12.3. The van der Waals surface area contributed by atoms with Crippen molar-refractivity contribution < 1.29 is 19.1 Å². The second-order valence-electron chi connectivity index (χ2n) is 11.1. The fraction of sp³-hybridized carbons (Fsp3) is 0.692. The van der Waals surface area contributed by atoms with Crippen molar-refractivity contribution in [1.82, 2.24) is 0 Å². The molecule has 5 rings (SSSR count). The van der Waals surface area contributed by atoms with Gasteiger partial charge in [-0.05, 0) is 86.2 Å². The molecule has 174 valence electrons. The van der Waals surface area contributed by atoms with Crippen LogP contribution < -0.4 is 11.4 Å². The average molecular weight is 442 g/mol. The Morgan fingerprint density at radius 1 is 1.16 bits per heavy atom. The molecule has 0 saturated heterocycles. The maximum atomic E-state index is 12.3. The smallest absolute Gasteiger partial charge is 0.404 e. The molecule has 0 radical (unpaired) electrons. The zero-order valence-electron chi connectivity index (χ0n) is 19.1. The number of hydrogen-bond donors (Lipinski definition) is 2. The number of amides is 1. The van der Waals surface area contributed by atoms with Crippen molar-refractivity contribution in [3.05, 3.63) is 46.0 Å². The van der Waals surface area contributed by atoms with Gasteiger partial charge in [-0.15, -0.1) is 0 Å². The van der Waals surface area contributed by atoms with E-state index < -0.39 is 11.7 Å². The highest BCUT2D eigenvalue weighted by molar-refractivity contribution is 5.64. The Bertz CT molecular complexity index is 980. The first-order valence-electron chi connectivity index (χ1n) is 12.1. The topological polar surface area (TPSA) is 103 Å². The number of fused-ring (bicyclic) bond motifs is 5. The number of nitrogens with two attached hydrogens (primary N) is 1. The molecule has 7 atom stereocenters. The van der Waals surface area contributed by atoms with Crippen molar-refractivity contribution in [2.45, 2.75) is 76.7 Å². The lowest BCUT2D eigenvalue weighted by Crippen LogP contribution is -2.60. The highest BCUT2D eigenvalue weighted by Gasteiger charge is 2.66. The molecule has 0 unspecified atom stereocenters. The van der Waals surface area contributed by atoms with Crippen molar-refractivity contribution in [2.24, 2.45) is 34.3 Å². The van der Waals surface area contributed by atoms with Gasteiger partial charge in [0.1, 0.15) is 0 Å². The first kappa shape index (κ1) is 21.7. The highest BCUT2D eigenvalue weighted by atomic mass is 16.5. The van der Waals surface area contributed by atoms with Gasteiger partial charge in [-0.25, -0.2) is 9.59 Å². The van der Waals surface area contributed by atoms with E-state index in [0.29, 0.717) is 12.5 Å². The van der Waals surface area contributed by atoms with Crippen LogP contribution in [-0.4, -0.2) is 23.4 Å². The fourth-order valence-corrected chi connectivity index (χ4v) is 8.19. The molecule has 3 fully saturated rings. The molecule has 1 aromatic heterocycles. The van der Waals surface area contributed by atoms with Crippen molar-refractivity contribution >= 4 is 6.09 Å². The summed E-state index contributed by atoms with van der Waals surface area (Å²) in [6, 6.07) is 3.39. The molecule has 6 nitrogen and oxygen atoms in total.